The number of ether oxygens (including phenoxy) is 2. The molecular formula is C13H24O5S. The van der Waals surface area contributed by atoms with Gasteiger partial charge < -0.3 is 9.47 Å². The molecular weight excluding hydrogens is 268 g/mol. The molecule has 0 aromatic heterocycles. The maximum absolute atomic E-state index is 10.9. The third kappa shape index (κ3) is 4.70. The van der Waals surface area contributed by atoms with Gasteiger partial charge in [0.05, 0.1) is 25.6 Å². The third-order valence-electron chi connectivity index (χ3n) is 3.76. The van der Waals surface area contributed by atoms with E-state index in [1.807, 2.05) is 6.92 Å². The summed E-state index contributed by atoms with van der Waals surface area (Å²) in [5.41, 5.74) is 0. The minimum Gasteiger partial charge on any atom is -0.347 e. The Morgan fingerprint density at radius 3 is 2.63 bits per heavy atom. The van der Waals surface area contributed by atoms with E-state index in [1.165, 1.54) is 19.3 Å². The van der Waals surface area contributed by atoms with Crippen LogP contribution < -0.4 is 0 Å². The van der Waals surface area contributed by atoms with Crippen LogP contribution >= 0.6 is 0 Å². The highest BCUT2D eigenvalue weighted by Crippen LogP contribution is 2.38. The second-order valence-corrected chi connectivity index (χ2v) is 7.50. The number of rotatable bonds is 5. The quantitative estimate of drug-likeness (QED) is 0.726. The van der Waals surface area contributed by atoms with Crippen LogP contribution in [0.4, 0.5) is 0 Å². The summed E-state index contributed by atoms with van der Waals surface area (Å²) < 4.78 is 38.6. The largest absolute Gasteiger partial charge is 0.347 e. The second-order valence-electron chi connectivity index (χ2n) is 5.85. The van der Waals surface area contributed by atoms with Crippen LogP contribution in [-0.2, 0) is 23.8 Å². The average Bonchev–Trinajstić information content (AvgIpc) is 2.70. The number of hydrogen-bond acceptors (Lipinski definition) is 5. The van der Waals surface area contributed by atoms with Crippen molar-refractivity contribution in [3.63, 3.8) is 0 Å². The van der Waals surface area contributed by atoms with Crippen LogP contribution in [0.3, 0.4) is 0 Å². The van der Waals surface area contributed by atoms with Gasteiger partial charge in [0.2, 0.25) is 0 Å². The van der Waals surface area contributed by atoms with Gasteiger partial charge >= 0.3 is 0 Å². The van der Waals surface area contributed by atoms with Crippen molar-refractivity contribution in [2.45, 2.75) is 57.3 Å². The molecule has 2 rings (SSSR count). The Labute approximate surface area is 115 Å². The Morgan fingerprint density at radius 2 is 2.00 bits per heavy atom. The Bertz CT molecular complexity index is 386. The lowest BCUT2D eigenvalue weighted by atomic mass is 9.94. The normalized spacial score (nSPS) is 28.6. The molecule has 1 heterocycles. The molecule has 5 nitrogen and oxygen atoms in total. The summed E-state index contributed by atoms with van der Waals surface area (Å²) in [6.07, 6.45) is 7.48. The van der Waals surface area contributed by atoms with Crippen molar-refractivity contribution in [1.29, 1.82) is 0 Å². The molecule has 19 heavy (non-hydrogen) atoms. The van der Waals surface area contributed by atoms with Crippen molar-refractivity contribution in [1.82, 2.24) is 0 Å². The molecule has 0 aromatic carbocycles. The molecule has 2 aliphatic rings. The van der Waals surface area contributed by atoms with E-state index in [0.29, 0.717) is 6.61 Å². The standard InChI is InChI=1S/C13H24O5S/c1-11(9-17-19(2,14)15)8-12-10-16-13(18-12)6-4-3-5-7-13/h11-12H,3-10H2,1-2H3. The molecule has 0 radical (unpaired) electrons. The van der Waals surface area contributed by atoms with E-state index in [-0.39, 0.29) is 24.4 Å². The van der Waals surface area contributed by atoms with Crippen LogP contribution in [0.15, 0.2) is 0 Å². The monoisotopic (exact) mass is 292 g/mol. The first-order valence-electron chi connectivity index (χ1n) is 7.05. The number of hydrogen-bond donors (Lipinski definition) is 0. The fraction of sp³-hybridized carbons (Fsp3) is 1.00. The fourth-order valence-electron chi connectivity index (χ4n) is 2.84. The molecule has 0 amide bonds. The highest BCUT2D eigenvalue weighted by molar-refractivity contribution is 7.85. The molecule has 0 aromatic rings. The van der Waals surface area contributed by atoms with Gasteiger partial charge in [-0.25, -0.2) is 0 Å². The summed E-state index contributed by atoms with van der Waals surface area (Å²) >= 11 is 0. The lowest BCUT2D eigenvalue weighted by Gasteiger charge is -2.32. The maximum atomic E-state index is 10.9. The molecule has 0 N–H and O–H groups in total. The van der Waals surface area contributed by atoms with E-state index in [9.17, 15) is 8.42 Å². The van der Waals surface area contributed by atoms with Crippen molar-refractivity contribution in [2.24, 2.45) is 5.92 Å². The van der Waals surface area contributed by atoms with Gasteiger partial charge in [0.15, 0.2) is 5.79 Å². The van der Waals surface area contributed by atoms with E-state index in [2.05, 4.69) is 0 Å². The molecule has 1 aliphatic heterocycles. The third-order valence-corrected chi connectivity index (χ3v) is 4.33. The van der Waals surface area contributed by atoms with Gasteiger partial charge in [-0.3, -0.25) is 4.18 Å². The van der Waals surface area contributed by atoms with Crippen LogP contribution in [-0.4, -0.2) is 39.8 Å². The van der Waals surface area contributed by atoms with Gasteiger partial charge in [-0.15, -0.1) is 0 Å². The molecule has 1 aliphatic carbocycles. The predicted octanol–water partition coefficient (Wildman–Crippen LogP) is 2.06. The van der Waals surface area contributed by atoms with E-state index >= 15 is 0 Å². The molecule has 112 valence electrons. The molecule has 1 saturated heterocycles. The zero-order valence-corrected chi connectivity index (χ0v) is 12.6. The van der Waals surface area contributed by atoms with Crippen molar-refractivity contribution in [3.8, 4) is 0 Å². The van der Waals surface area contributed by atoms with Gasteiger partial charge in [0.25, 0.3) is 10.1 Å². The highest BCUT2D eigenvalue weighted by Gasteiger charge is 2.42. The first-order valence-corrected chi connectivity index (χ1v) is 8.86. The fourth-order valence-corrected chi connectivity index (χ4v) is 3.32. The van der Waals surface area contributed by atoms with Crippen molar-refractivity contribution < 1.29 is 22.1 Å². The molecule has 2 unspecified atom stereocenters. The van der Waals surface area contributed by atoms with E-state index in [1.54, 1.807) is 0 Å². The Balaban J connectivity index is 1.75. The minimum absolute atomic E-state index is 0.0660. The molecule has 2 atom stereocenters. The molecule has 2 fully saturated rings. The van der Waals surface area contributed by atoms with Gasteiger partial charge in [-0.2, -0.15) is 8.42 Å². The zero-order chi connectivity index (χ0) is 13.9. The molecule has 6 heteroatoms. The average molecular weight is 292 g/mol. The first kappa shape index (κ1) is 15.2. The first-order chi connectivity index (χ1) is 8.89. The maximum Gasteiger partial charge on any atom is 0.264 e. The Kier molecular flexibility index (Phi) is 4.87. The van der Waals surface area contributed by atoms with Crippen LogP contribution in [0.2, 0.25) is 0 Å². The van der Waals surface area contributed by atoms with E-state index < -0.39 is 10.1 Å². The predicted molar refractivity (Wildman–Crippen MR) is 71.2 cm³/mol. The smallest absolute Gasteiger partial charge is 0.264 e. The minimum atomic E-state index is -3.35. The summed E-state index contributed by atoms with van der Waals surface area (Å²) in [6, 6.07) is 0. The van der Waals surface area contributed by atoms with Crippen molar-refractivity contribution in [3.05, 3.63) is 0 Å². The molecule has 1 spiro atoms. The highest BCUT2D eigenvalue weighted by atomic mass is 32.2. The zero-order valence-electron chi connectivity index (χ0n) is 11.8. The van der Waals surface area contributed by atoms with Gasteiger partial charge in [-0.1, -0.05) is 13.3 Å². The summed E-state index contributed by atoms with van der Waals surface area (Å²) in [4.78, 5) is 0. The van der Waals surface area contributed by atoms with Crippen LogP contribution in [0, 0.1) is 5.92 Å². The molecule has 0 bridgehead atoms. The van der Waals surface area contributed by atoms with Gasteiger partial charge in [0.1, 0.15) is 0 Å². The van der Waals surface area contributed by atoms with Crippen LogP contribution in [0.1, 0.15) is 45.4 Å². The van der Waals surface area contributed by atoms with Gasteiger partial charge in [-0.05, 0) is 25.2 Å². The van der Waals surface area contributed by atoms with E-state index in [0.717, 1.165) is 25.5 Å². The second kappa shape index (κ2) is 6.08. The van der Waals surface area contributed by atoms with Crippen LogP contribution in [0.25, 0.3) is 0 Å². The summed E-state index contributed by atoms with van der Waals surface area (Å²) in [5, 5.41) is 0. The Hall–Kier alpha value is -0.170. The van der Waals surface area contributed by atoms with Gasteiger partial charge in [0, 0.05) is 12.8 Å². The lowest BCUT2D eigenvalue weighted by Crippen LogP contribution is -2.33. The topological polar surface area (TPSA) is 61.8 Å². The van der Waals surface area contributed by atoms with Crippen molar-refractivity contribution in [2.75, 3.05) is 19.5 Å². The van der Waals surface area contributed by atoms with E-state index in [4.69, 9.17) is 13.7 Å². The Morgan fingerprint density at radius 1 is 1.32 bits per heavy atom. The lowest BCUT2D eigenvalue weighted by molar-refractivity contribution is -0.188. The molecule has 1 saturated carbocycles. The summed E-state index contributed by atoms with van der Waals surface area (Å²) in [5.74, 6) is -0.206. The van der Waals surface area contributed by atoms with Crippen molar-refractivity contribution >= 4 is 10.1 Å². The summed E-state index contributed by atoms with van der Waals surface area (Å²) in [7, 11) is -3.35. The summed E-state index contributed by atoms with van der Waals surface area (Å²) in [6.45, 7) is 2.80. The van der Waals surface area contributed by atoms with Crippen LogP contribution in [0.5, 0.6) is 0 Å². The SMILES string of the molecule is CC(COS(C)(=O)=O)CC1COC2(CCCCC2)O1.